The Morgan fingerprint density at radius 3 is 3.24 bits per heavy atom. The molecule has 0 fully saturated rings. The first-order valence-electron chi connectivity index (χ1n) is 6.46. The number of ether oxygens (including phenoxy) is 1. The molecule has 108 valence electrons. The van der Waals surface area contributed by atoms with E-state index < -0.39 is 0 Å². The minimum absolute atomic E-state index is 0.112. The Kier molecular flexibility index (Phi) is 3.83. The summed E-state index contributed by atoms with van der Waals surface area (Å²) in [5.74, 6) is 0.559. The SMILES string of the molecule is COc1cccc(C(=O)NCCc2csc3ncnn23)c1. The van der Waals surface area contributed by atoms with Gasteiger partial charge in [-0.1, -0.05) is 6.07 Å². The van der Waals surface area contributed by atoms with Crippen LogP contribution in [-0.2, 0) is 6.42 Å². The van der Waals surface area contributed by atoms with Crippen molar-refractivity contribution in [1.82, 2.24) is 19.9 Å². The Morgan fingerprint density at radius 2 is 2.38 bits per heavy atom. The Bertz CT molecular complexity index is 765. The van der Waals surface area contributed by atoms with Gasteiger partial charge in [0.2, 0.25) is 4.96 Å². The minimum atomic E-state index is -0.112. The van der Waals surface area contributed by atoms with Crippen molar-refractivity contribution in [3.63, 3.8) is 0 Å². The van der Waals surface area contributed by atoms with E-state index in [4.69, 9.17) is 4.74 Å². The number of aromatic nitrogens is 3. The molecule has 0 aliphatic rings. The van der Waals surface area contributed by atoms with Crippen LogP contribution in [0.5, 0.6) is 5.75 Å². The third-order valence-corrected chi connectivity index (χ3v) is 3.97. The molecule has 0 spiro atoms. The second kappa shape index (κ2) is 5.92. The number of fused-ring (bicyclic) bond motifs is 1. The van der Waals surface area contributed by atoms with Gasteiger partial charge in [0.05, 0.1) is 12.8 Å². The summed E-state index contributed by atoms with van der Waals surface area (Å²) in [6, 6.07) is 7.09. The van der Waals surface area contributed by atoms with E-state index in [2.05, 4.69) is 15.4 Å². The molecule has 1 N–H and O–H groups in total. The Balaban J connectivity index is 1.60. The predicted octanol–water partition coefficient (Wildman–Crippen LogP) is 1.77. The summed E-state index contributed by atoms with van der Waals surface area (Å²) < 4.78 is 6.90. The van der Waals surface area contributed by atoms with E-state index in [9.17, 15) is 4.79 Å². The standard InChI is InChI=1S/C14H14N4O2S/c1-20-12-4-2-3-10(7-12)13(19)15-6-5-11-8-21-14-16-9-17-18(11)14/h2-4,7-9H,5-6H2,1H3,(H,15,19). The molecule has 2 heterocycles. The maximum atomic E-state index is 12.1. The lowest BCUT2D eigenvalue weighted by Crippen LogP contribution is -2.26. The molecule has 6 nitrogen and oxygen atoms in total. The van der Waals surface area contributed by atoms with Crippen LogP contribution in [0.4, 0.5) is 0 Å². The van der Waals surface area contributed by atoms with E-state index in [1.807, 2.05) is 11.4 Å². The van der Waals surface area contributed by atoms with Gasteiger partial charge in [0.25, 0.3) is 5.91 Å². The van der Waals surface area contributed by atoms with Crippen molar-refractivity contribution in [2.45, 2.75) is 6.42 Å². The fourth-order valence-electron chi connectivity index (χ4n) is 2.01. The lowest BCUT2D eigenvalue weighted by atomic mass is 10.2. The largest absolute Gasteiger partial charge is 0.497 e. The molecule has 21 heavy (non-hydrogen) atoms. The fraction of sp³-hybridized carbons (Fsp3) is 0.214. The van der Waals surface area contributed by atoms with Crippen LogP contribution in [0.25, 0.3) is 4.96 Å². The van der Waals surface area contributed by atoms with Gasteiger partial charge in [0.15, 0.2) is 0 Å². The van der Waals surface area contributed by atoms with Crippen LogP contribution < -0.4 is 10.1 Å². The molecule has 3 aromatic rings. The Morgan fingerprint density at radius 1 is 1.48 bits per heavy atom. The summed E-state index contributed by atoms with van der Waals surface area (Å²) in [7, 11) is 1.58. The first-order valence-corrected chi connectivity index (χ1v) is 7.34. The van der Waals surface area contributed by atoms with Gasteiger partial charge in [-0.05, 0) is 18.2 Å². The van der Waals surface area contributed by atoms with E-state index in [0.717, 1.165) is 10.7 Å². The van der Waals surface area contributed by atoms with Gasteiger partial charge in [-0.2, -0.15) is 5.10 Å². The number of rotatable bonds is 5. The fourth-order valence-corrected chi connectivity index (χ4v) is 2.85. The number of carbonyl (C=O) groups is 1. The van der Waals surface area contributed by atoms with Gasteiger partial charge in [-0.15, -0.1) is 11.3 Å². The quantitative estimate of drug-likeness (QED) is 0.780. The van der Waals surface area contributed by atoms with E-state index in [1.165, 1.54) is 6.33 Å². The number of carbonyl (C=O) groups excluding carboxylic acids is 1. The number of nitrogens with zero attached hydrogens (tertiary/aromatic N) is 3. The smallest absolute Gasteiger partial charge is 0.251 e. The average molecular weight is 302 g/mol. The Hall–Kier alpha value is -2.41. The van der Waals surface area contributed by atoms with E-state index >= 15 is 0 Å². The molecule has 1 amide bonds. The van der Waals surface area contributed by atoms with Crippen LogP contribution in [0.3, 0.4) is 0 Å². The highest BCUT2D eigenvalue weighted by Crippen LogP contribution is 2.14. The molecule has 7 heteroatoms. The second-order valence-electron chi connectivity index (χ2n) is 4.42. The zero-order valence-electron chi connectivity index (χ0n) is 11.4. The third kappa shape index (κ3) is 2.87. The van der Waals surface area contributed by atoms with Crippen molar-refractivity contribution >= 4 is 22.2 Å². The molecular weight excluding hydrogens is 288 g/mol. The molecule has 2 aromatic heterocycles. The lowest BCUT2D eigenvalue weighted by Gasteiger charge is -2.06. The van der Waals surface area contributed by atoms with E-state index in [-0.39, 0.29) is 5.91 Å². The van der Waals surface area contributed by atoms with Crippen LogP contribution in [0.1, 0.15) is 16.1 Å². The molecule has 0 unspecified atom stereocenters. The van der Waals surface area contributed by atoms with Gasteiger partial charge in [-0.3, -0.25) is 4.79 Å². The van der Waals surface area contributed by atoms with Crippen molar-refractivity contribution in [3.05, 3.63) is 47.2 Å². The van der Waals surface area contributed by atoms with Gasteiger partial charge in [0.1, 0.15) is 12.1 Å². The first-order chi connectivity index (χ1) is 10.3. The molecular formula is C14H14N4O2S. The summed E-state index contributed by atoms with van der Waals surface area (Å²) in [6.07, 6.45) is 2.24. The van der Waals surface area contributed by atoms with Crippen LogP contribution in [-0.4, -0.2) is 34.2 Å². The molecule has 3 rings (SSSR count). The number of hydrogen-bond donors (Lipinski definition) is 1. The van der Waals surface area contributed by atoms with Crippen LogP contribution in [0, 0.1) is 0 Å². The van der Waals surface area contributed by atoms with E-state index in [1.54, 1.807) is 41.2 Å². The van der Waals surface area contributed by atoms with Crippen molar-refractivity contribution < 1.29 is 9.53 Å². The van der Waals surface area contributed by atoms with Gasteiger partial charge >= 0.3 is 0 Å². The zero-order valence-corrected chi connectivity index (χ0v) is 12.3. The van der Waals surface area contributed by atoms with Crippen molar-refractivity contribution in [2.24, 2.45) is 0 Å². The molecule has 0 radical (unpaired) electrons. The monoisotopic (exact) mass is 302 g/mol. The van der Waals surface area contributed by atoms with Crippen LogP contribution in [0.15, 0.2) is 36.0 Å². The number of thiazole rings is 1. The van der Waals surface area contributed by atoms with Gasteiger partial charge in [0, 0.05) is 23.9 Å². The summed E-state index contributed by atoms with van der Waals surface area (Å²) >= 11 is 1.54. The van der Waals surface area contributed by atoms with Crippen LogP contribution >= 0.6 is 11.3 Å². The summed E-state index contributed by atoms with van der Waals surface area (Å²) in [4.78, 5) is 17.0. The zero-order chi connectivity index (χ0) is 14.7. The minimum Gasteiger partial charge on any atom is -0.497 e. The third-order valence-electron chi connectivity index (χ3n) is 3.09. The molecule has 0 atom stereocenters. The maximum Gasteiger partial charge on any atom is 0.251 e. The molecule has 0 aliphatic carbocycles. The maximum absolute atomic E-state index is 12.1. The highest BCUT2D eigenvalue weighted by Gasteiger charge is 2.08. The predicted molar refractivity (Wildman–Crippen MR) is 79.9 cm³/mol. The first kappa shape index (κ1) is 13.6. The molecule has 0 saturated carbocycles. The number of benzene rings is 1. The highest BCUT2D eigenvalue weighted by atomic mass is 32.1. The van der Waals surface area contributed by atoms with Crippen molar-refractivity contribution in [1.29, 1.82) is 0 Å². The van der Waals surface area contributed by atoms with Gasteiger partial charge < -0.3 is 10.1 Å². The van der Waals surface area contributed by atoms with E-state index in [0.29, 0.717) is 24.3 Å². The molecule has 0 bridgehead atoms. The summed E-state index contributed by atoms with van der Waals surface area (Å²) in [5, 5.41) is 9.05. The van der Waals surface area contributed by atoms with Gasteiger partial charge in [-0.25, -0.2) is 9.50 Å². The lowest BCUT2D eigenvalue weighted by molar-refractivity contribution is 0.0953. The van der Waals surface area contributed by atoms with Crippen LogP contribution in [0.2, 0.25) is 0 Å². The Labute approximate surface area is 125 Å². The highest BCUT2D eigenvalue weighted by molar-refractivity contribution is 7.15. The van der Waals surface area contributed by atoms with Crippen molar-refractivity contribution in [2.75, 3.05) is 13.7 Å². The number of hydrogen-bond acceptors (Lipinski definition) is 5. The topological polar surface area (TPSA) is 68.5 Å². The summed E-state index contributed by atoms with van der Waals surface area (Å²) in [5.41, 5.74) is 1.63. The number of nitrogens with one attached hydrogen (secondary N) is 1. The second-order valence-corrected chi connectivity index (χ2v) is 5.26. The molecule has 0 saturated heterocycles. The normalized spacial score (nSPS) is 10.7. The summed E-state index contributed by atoms with van der Waals surface area (Å²) in [6.45, 7) is 0.543. The molecule has 1 aromatic carbocycles. The molecule has 0 aliphatic heterocycles. The average Bonchev–Trinajstić information content (AvgIpc) is 3.12. The number of methoxy groups -OCH3 is 1. The number of amides is 1. The van der Waals surface area contributed by atoms with Crippen molar-refractivity contribution in [3.8, 4) is 5.75 Å².